The van der Waals surface area contributed by atoms with E-state index in [0.29, 0.717) is 22.2 Å². The molecule has 0 amide bonds. The van der Waals surface area contributed by atoms with Gasteiger partial charge in [-0.2, -0.15) is 0 Å². The summed E-state index contributed by atoms with van der Waals surface area (Å²) >= 11 is 1.89. The van der Waals surface area contributed by atoms with Crippen LogP contribution in [0.15, 0.2) is 18.2 Å². The highest BCUT2D eigenvalue weighted by Gasteiger charge is 2.12. The molecule has 0 saturated heterocycles. The Morgan fingerprint density at radius 1 is 1.41 bits per heavy atom. The highest BCUT2D eigenvalue weighted by atomic mass is 127. The van der Waals surface area contributed by atoms with E-state index in [1.807, 2.05) is 22.6 Å². The topological polar surface area (TPSA) is 58.2 Å². The first-order valence-corrected chi connectivity index (χ1v) is 7.78. The Labute approximate surface area is 114 Å². The van der Waals surface area contributed by atoms with Gasteiger partial charge in [-0.3, -0.25) is 4.72 Å². The molecule has 4 nitrogen and oxygen atoms in total. The first-order valence-electron chi connectivity index (χ1n) is 5.05. The number of halogens is 2. The Morgan fingerprint density at radius 2 is 2.12 bits per heavy atom. The van der Waals surface area contributed by atoms with Gasteiger partial charge in [0.25, 0.3) is 0 Å². The third-order valence-corrected chi connectivity index (χ3v) is 4.29. The summed E-state index contributed by atoms with van der Waals surface area (Å²) in [5, 5.41) is 2.88. The predicted octanol–water partition coefficient (Wildman–Crippen LogP) is 1.78. The molecule has 0 radical (unpaired) electrons. The Morgan fingerprint density at radius 3 is 2.71 bits per heavy atom. The largest absolute Gasteiger partial charge is 0.320 e. The van der Waals surface area contributed by atoms with Gasteiger partial charge in [0, 0.05) is 3.57 Å². The highest BCUT2D eigenvalue weighted by molar-refractivity contribution is 14.1. The second kappa shape index (κ2) is 6.50. The lowest BCUT2D eigenvalue weighted by atomic mass is 10.3. The summed E-state index contributed by atoms with van der Waals surface area (Å²) in [7, 11) is -1.59. The monoisotopic (exact) mass is 372 g/mol. The van der Waals surface area contributed by atoms with E-state index in [4.69, 9.17) is 0 Å². The van der Waals surface area contributed by atoms with Crippen LogP contribution in [0.1, 0.15) is 6.42 Å². The highest BCUT2D eigenvalue weighted by Crippen LogP contribution is 2.20. The van der Waals surface area contributed by atoms with Gasteiger partial charge in [-0.1, -0.05) is 0 Å². The molecule has 7 heteroatoms. The van der Waals surface area contributed by atoms with E-state index in [-0.39, 0.29) is 11.6 Å². The van der Waals surface area contributed by atoms with E-state index in [1.54, 1.807) is 7.05 Å². The maximum atomic E-state index is 12.8. The number of rotatable bonds is 6. The molecule has 0 heterocycles. The molecule has 2 N–H and O–H groups in total. The molecule has 0 fully saturated rings. The van der Waals surface area contributed by atoms with Crippen LogP contribution in [0.5, 0.6) is 0 Å². The normalized spacial score (nSPS) is 11.5. The van der Waals surface area contributed by atoms with Crippen molar-refractivity contribution in [2.24, 2.45) is 0 Å². The van der Waals surface area contributed by atoms with Gasteiger partial charge in [-0.25, -0.2) is 12.8 Å². The van der Waals surface area contributed by atoms with Gasteiger partial charge < -0.3 is 5.32 Å². The van der Waals surface area contributed by atoms with Crippen molar-refractivity contribution in [2.75, 3.05) is 24.1 Å². The number of anilines is 1. The van der Waals surface area contributed by atoms with Crippen LogP contribution in [0.25, 0.3) is 0 Å². The quantitative estimate of drug-likeness (QED) is 0.591. The molecule has 0 bridgehead atoms. The smallest absolute Gasteiger partial charge is 0.232 e. The van der Waals surface area contributed by atoms with E-state index in [9.17, 15) is 12.8 Å². The SMILES string of the molecule is CNCCCS(=O)(=O)Nc1ccc(F)cc1I. The lowest BCUT2D eigenvalue weighted by molar-refractivity contribution is 0.596. The number of sulfonamides is 1. The van der Waals surface area contributed by atoms with Crippen LogP contribution in [0.2, 0.25) is 0 Å². The molecule has 0 aliphatic rings. The minimum Gasteiger partial charge on any atom is -0.320 e. The first-order chi connectivity index (χ1) is 7.94. The molecule has 0 atom stereocenters. The van der Waals surface area contributed by atoms with Crippen molar-refractivity contribution in [1.29, 1.82) is 0 Å². The van der Waals surface area contributed by atoms with Crippen LogP contribution < -0.4 is 10.0 Å². The van der Waals surface area contributed by atoms with Crippen molar-refractivity contribution in [3.05, 3.63) is 27.6 Å². The van der Waals surface area contributed by atoms with Gasteiger partial charge in [-0.15, -0.1) is 0 Å². The summed E-state index contributed by atoms with van der Waals surface area (Å²) in [4.78, 5) is 0. The summed E-state index contributed by atoms with van der Waals surface area (Å²) in [6.07, 6.45) is 0.531. The Kier molecular flexibility index (Phi) is 5.60. The molecule has 0 spiro atoms. The van der Waals surface area contributed by atoms with Gasteiger partial charge >= 0.3 is 0 Å². The van der Waals surface area contributed by atoms with Crippen LogP contribution in [0.4, 0.5) is 10.1 Å². The van der Waals surface area contributed by atoms with E-state index < -0.39 is 10.0 Å². The summed E-state index contributed by atoms with van der Waals surface area (Å²) < 4.78 is 39.2. The Bertz CT molecular complexity index is 479. The average Bonchev–Trinajstić information content (AvgIpc) is 2.22. The number of hydrogen-bond acceptors (Lipinski definition) is 3. The molecule has 1 rings (SSSR count). The molecular formula is C10H14FIN2O2S. The molecule has 1 aromatic rings. The lowest BCUT2D eigenvalue weighted by Gasteiger charge is -2.09. The Hall–Kier alpha value is -0.410. The summed E-state index contributed by atoms with van der Waals surface area (Å²) in [5.41, 5.74) is 0.413. The molecule has 0 aromatic heterocycles. The Balaban J connectivity index is 2.69. The zero-order chi connectivity index (χ0) is 12.9. The maximum absolute atomic E-state index is 12.8. The van der Waals surface area contributed by atoms with E-state index >= 15 is 0 Å². The van der Waals surface area contributed by atoms with Gasteiger partial charge in [0.15, 0.2) is 0 Å². The molecule has 0 aliphatic carbocycles. The second-order valence-corrected chi connectivity index (χ2v) is 6.51. The third-order valence-electron chi connectivity index (χ3n) is 2.04. The fraction of sp³-hybridized carbons (Fsp3) is 0.400. The van der Waals surface area contributed by atoms with E-state index in [1.165, 1.54) is 18.2 Å². The summed E-state index contributed by atoms with van der Waals surface area (Å²) in [6.45, 7) is 0.640. The van der Waals surface area contributed by atoms with Gasteiger partial charge in [0.05, 0.1) is 11.4 Å². The minimum absolute atomic E-state index is 0.0430. The van der Waals surface area contributed by atoms with Gasteiger partial charge in [-0.05, 0) is 60.8 Å². The second-order valence-electron chi connectivity index (χ2n) is 3.50. The van der Waals surface area contributed by atoms with Crippen molar-refractivity contribution in [3.63, 3.8) is 0 Å². The van der Waals surface area contributed by atoms with Crippen molar-refractivity contribution >= 4 is 38.3 Å². The van der Waals surface area contributed by atoms with Crippen LogP contribution in [0, 0.1) is 9.39 Å². The zero-order valence-corrected chi connectivity index (χ0v) is 12.3. The molecule has 1 aromatic carbocycles. The number of hydrogen-bond donors (Lipinski definition) is 2. The van der Waals surface area contributed by atoms with Crippen LogP contribution in [-0.4, -0.2) is 27.8 Å². The average molecular weight is 372 g/mol. The van der Waals surface area contributed by atoms with Gasteiger partial charge in [0.2, 0.25) is 10.0 Å². The van der Waals surface area contributed by atoms with Crippen molar-refractivity contribution < 1.29 is 12.8 Å². The molecule has 0 aliphatic heterocycles. The van der Waals surface area contributed by atoms with Gasteiger partial charge in [0.1, 0.15) is 5.82 Å². The lowest BCUT2D eigenvalue weighted by Crippen LogP contribution is -2.20. The molecule has 96 valence electrons. The first kappa shape index (κ1) is 14.7. The van der Waals surface area contributed by atoms with Crippen molar-refractivity contribution in [2.45, 2.75) is 6.42 Å². The summed E-state index contributed by atoms with van der Waals surface area (Å²) in [5.74, 6) is -0.339. The van der Waals surface area contributed by atoms with Crippen LogP contribution in [-0.2, 0) is 10.0 Å². The fourth-order valence-corrected chi connectivity index (χ4v) is 3.16. The van der Waals surface area contributed by atoms with Crippen LogP contribution in [0.3, 0.4) is 0 Å². The summed E-state index contributed by atoms with van der Waals surface area (Å²) in [6, 6.07) is 3.94. The minimum atomic E-state index is -3.36. The predicted molar refractivity (Wildman–Crippen MR) is 75.1 cm³/mol. The molecule has 0 unspecified atom stereocenters. The number of benzene rings is 1. The van der Waals surface area contributed by atoms with E-state index in [0.717, 1.165) is 0 Å². The zero-order valence-electron chi connectivity index (χ0n) is 9.33. The van der Waals surface area contributed by atoms with E-state index in [2.05, 4.69) is 10.0 Å². The standard InChI is InChI=1S/C10H14FIN2O2S/c1-13-5-2-6-17(15,16)14-10-4-3-8(11)7-9(10)12/h3-4,7,13-14H,2,5-6H2,1H3. The molecular weight excluding hydrogens is 358 g/mol. The van der Waals surface area contributed by atoms with Crippen molar-refractivity contribution in [1.82, 2.24) is 5.32 Å². The maximum Gasteiger partial charge on any atom is 0.232 e. The molecule has 0 saturated carbocycles. The third kappa shape index (κ3) is 5.17. The molecule has 17 heavy (non-hydrogen) atoms. The number of nitrogens with one attached hydrogen (secondary N) is 2. The van der Waals surface area contributed by atoms with Crippen LogP contribution >= 0.6 is 22.6 Å². The fourth-order valence-electron chi connectivity index (χ4n) is 1.23. The van der Waals surface area contributed by atoms with Crippen molar-refractivity contribution in [3.8, 4) is 0 Å².